The lowest BCUT2D eigenvalue weighted by Crippen LogP contribution is -2.29. The molecule has 0 aliphatic heterocycles. The summed E-state index contributed by atoms with van der Waals surface area (Å²) >= 11 is 4.44. The first-order valence-corrected chi connectivity index (χ1v) is 3.68. The highest BCUT2D eigenvalue weighted by molar-refractivity contribution is 7.78. The van der Waals surface area contributed by atoms with Crippen LogP contribution in [-0.4, -0.2) is 24.4 Å². The highest BCUT2D eigenvalue weighted by Crippen LogP contribution is 2.13. The standard InChI is InChI=1S/C7H13NOS/c1-4-7(2,9-3)5-8-6-10/h4-5H2,1-3H3. The van der Waals surface area contributed by atoms with Gasteiger partial charge in [0.1, 0.15) is 0 Å². The van der Waals surface area contributed by atoms with Crippen LogP contribution in [0.4, 0.5) is 0 Å². The monoisotopic (exact) mass is 159 g/mol. The van der Waals surface area contributed by atoms with E-state index in [2.05, 4.69) is 29.3 Å². The summed E-state index contributed by atoms with van der Waals surface area (Å²) in [4.78, 5) is 3.83. The molecule has 1 atom stereocenters. The van der Waals surface area contributed by atoms with Crippen molar-refractivity contribution >= 4 is 17.4 Å². The van der Waals surface area contributed by atoms with E-state index < -0.39 is 0 Å². The predicted molar refractivity (Wildman–Crippen MR) is 45.6 cm³/mol. The number of methoxy groups -OCH3 is 1. The van der Waals surface area contributed by atoms with E-state index in [1.165, 1.54) is 0 Å². The lowest BCUT2D eigenvalue weighted by molar-refractivity contribution is 0.0115. The molecule has 1 unspecified atom stereocenters. The molecule has 0 bridgehead atoms. The van der Waals surface area contributed by atoms with Crippen LogP contribution < -0.4 is 0 Å². The van der Waals surface area contributed by atoms with Gasteiger partial charge in [0, 0.05) is 7.11 Å². The van der Waals surface area contributed by atoms with Gasteiger partial charge < -0.3 is 4.74 Å². The zero-order valence-corrected chi connectivity index (χ0v) is 7.49. The van der Waals surface area contributed by atoms with Crippen LogP contribution in [-0.2, 0) is 4.74 Å². The zero-order chi connectivity index (χ0) is 8.04. The molecular formula is C7H13NOS. The highest BCUT2D eigenvalue weighted by atomic mass is 32.1. The second-order valence-electron chi connectivity index (χ2n) is 2.42. The van der Waals surface area contributed by atoms with Gasteiger partial charge in [0.25, 0.3) is 0 Å². The second kappa shape index (κ2) is 4.56. The van der Waals surface area contributed by atoms with Crippen LogP contribution in [0.15, 0.2) is 4.99 Å². The lowest BCUT2D eigenvalue weighted by atomic mass is 10.0. The van der Waals surface area contributed by atoms with Crippen molar-refractivity contribution in [1.29, 1.82) is 0 Å². The van der Waals surface area contributed by atoms with E-state index in [-0.39, 0.29) is 5.60 Å². The number of hydrogen-bond acceptors (Lipinski definition) is 3. The number of rotatable bonds is 4. The van der Waals surface area contributed by atoms with E-state index in [0.717, 1.165) is 6.42 Å². The van der Waals surface area contributed by atoms with Crippen LogP contribution in [0.1, 0.15) is 20.3 Å². The fourth-order valence-corrected chi connectivity index (χ4v) is 0.585. The van der Waals surface area contributed by atoms with Crippen LogP contribution in [0.25, 0.3) is 0 Å². The summed E-state index contributed by atoms with van der Waals surface area (Å²) in [6.07, 6.45) is 0.935. The third-order valence-electron chi connectivity index (χ3n) is 1.72. The Morgan fingerprint density at radius 1 is 1.70 bits per heavy atom. The summed E-state index contributed by atoms with van der Waals surface area (Å²) in [6.45, 7) is 4.66. The van der Waals surface area contributed by atoms with Crippen molar-refractivity contribution in [2.75, 3.05) is 13.7 Å². The SMILES string of the molecule is CCC(C)(CN=C=S)OC. The average Bonchev–Trinajstić information content (AvgIpc) is 2.00. The van der Waals surface area contributed by atoms with Gasteiger partial charge in [-0.2, -0.15) is 0 Å². The Morgan fingerprint density at radius 2 is 2.30 bits per heavy atom. The quantitative estimate of drug-likeness (QED) is 0.461. The number of isothiocyanates is 1. The molecule has 0 spiro atoms. The Morgan fingerprint density at radius 3 is 2.60 bits per heavy atom. The van der Waals surface area contributed by atoms with Crippen molar-refractivity contribution in [3.8, 4) is 0 Å². The molecule has 0 saturated heterocycles. The van der Waals surface area contributed by atoms with Gasteiger partial charge in [0.05, 0.1) is 17.3 Å². The second-order valence-corrected chi connectivity index (χ2v) is 2.60. The molecule has 2 nitrogen and oxygen atoms in total. The van der Waals surface area contributed by atoms with Crippen LogP contribution in [0.3, 0.4) is 0 Å². The summed E-state index contributed by atoms with van der Waals surface area (Å²) < 4.78 is 5.21. The van der Waals surface area contributed by atoms with E-state index in [0.29, 0.717) is 6.54 Å². The molecule has 0 fully saturated rings. The van der Waals surface area contributed by atoms with Gasteiger partial charge in [-0.15, -0.1) is 0 Å². The van der Waals surface area contributed by atoms with Crippen molar-refractivity contribution in [1.82, 2.24) is 0 Å². The normalized spacial score (nSPS) is 15.5. The first-order valence-electron chi connectivity index (χ1n) is 3.27. The lowest BCUT2D eigenvalue weighted by Gasteiger charge is -2.23. The fourth-order valence-electron chi connectivity index (χ4n) is 0.520. The number of ether oxygens (including phenoxy) is 1. The number of nitrogens with zero attached hydrogens (tertiary/aromatic N) is 1. The van der Waals surface area contributed by atoms with Crippen LogP contribution in [0, 0.1) is 0 Å². The fraction of sp³-hybridized carbons (Fsp3) is 0.857. The molecular weight excluding hydrogens is 146 g/mol. The van der Waals surface area contributed by atoms with Crippen LogP contribution in [0.2, 0.25) is 0 Å². The largest absolute Gasteiger partial charge is 0.377 e. The molecule has 58 valence electrons. The van der Waals surface area contributed by atoms with Gasteiger partial charge in [0.2, 0.25) is 0 Å². The molecule has 0 rings (SSSR count). The zero-order valence-electron chi connectivity index (χ0n) is 6.68. The maximum absolute atomic E-state index is 5.21. The van der Waals surface area contributed by atoms with Gasteiger partial charge in [-0.1, -0.05) is 6.92 Å². The van der Waals surface area contributed by atoms with Gasteiger partial charge in [-0.3, -0.25) is 0 Å². The van der Waals surface area contributed by atoms with E-state index in [4.69, 9.17) is 4.74 Å². The van der Waals surface area contributed by atoms with Crippen molar-refractivity contribution in [3.63, 3.8) is 0 Å². The highest BCUT2D eigenvalue weighted by Gasteiger charge is 2.19. The van der Waals surface area contributed by atoms with Gasteiger partial charge in [-0.05, 0) is 25.6 Å². The predicted octanol–water partition coefficient (Wildman–Crippen LogP) is 1.90. The molecule has 10 heavy (non-hydrogen) atoms. The van der Waals surface area contributed by atoms with Crippen molar-refractivity contribution in [2.45, 2.75) is 25.9 Å². The maximum atomic E-state index is 5.21. The van der Waals surface area contributed by atoms with Gasteiger partial charge in [0.15, 0.2) is 0 Å². The van der Waals surface area contributed by atoms with Crippen molar-refractivity contribution in [2.24, 2.45) is 4.99 Å². The number of hydrogen-bond donors (Lipinski definition) is 0. The minimum absolute atomic E-state index is 0.161. The third-order valence-corrected chi connectivity index (χ3v) is 1.85. The van der Waals surface area contributed by atoms with E-state index in [9.17, 15) is 0 Å². The molecule has 0 radical (unpaired) electrons. The summed E-state index contributed by atoms with van der Waals surface area (Å²) in [5, 5.41) is 2.32. The third kappa shape index (κ3) is 3.06. The summed E-state index contributed by atoms with van der Waals surface area (Å²) in [7, 11) is 1.68. The number of aliphatic imine (C=N–C) groups is 1. The minimum Gasteiger partial charge on any atom is -0.377 e. The molecule has 0 amide bonds. The van der Waals surface area contributed by atoms with Gasteiger partial charge >= 0.3 is 0 Å². The molecule has 0 saturated carbocycles. The number of thiocarbonyl (C=S) groups is 1. The first kappa shape index (κ1) is 9.76. The van der Waals surface area contributed by atoms with Crippen LogP contribution >= 0.6 is 12.2 Å². The van der Waals surface area contributed by atoms with E-state index in [1.807, 2.05) is 6.92 Å². The topological polar surface area (TPSA) is 21.6 Å². The summed E-state index contributed by atoms with van der Waals surface area (Å²) in [5.41, 5.74) is -0.161. The molecule has 0 aromatic carbocycles. The molecule has 0 aromatic heterocycles. The van der Waals surface area contributed by atoms with Crippen molar-refractivity contribution < 1.29 is 4.74 Å². The molecule has 0 aliphatic rings. The van der Waals surface area contributed by atoms with Gasteiger partial charge in [-0.25, -0.2) is 4.99 Å². The van der Waals surface area contributed by atoms with Crippen LogP contribution in [0.5, 0.6) is 0 Å². The summed E-state index contributed by atoms with van der Waals surface area (Å²) in [6, 6.07) is 0. The molecule has 0 aliphatic carbocycles. The Balaban J connectivity index is 3.92. The van der Waals surface area contributed by atoms with E-state index >= 15 is 0 Å². The Hall–Kier alpha value is -0.240. The minimum atomic E-state index is -0.161. The molecule has 0 aromatic rings. The first-order chi connectivity index (χ1) is 4.68. The average molecular weight is 159 g/mol. The Kier molecular flexibility index (Phi) is 4.45. The molecule has 0 heterocycles. The maximum Gasteiger partial charge on any atom is 0.0850 e. The summed E-state index contributed by atoms with van der Waals surface area (Å²) in [5.74, 6) is 0. The Bertz CT molecular complexity index is 137. The van der Waals surface area contributed by atoms with Crippen molar-refractivity contribution in [3.05, 3.63) is 0 Å². The van der Waals surface area contributed by atoms with E-state index in [1.54, 1.807) is 7.11 Å². The smallest absolute Gasteiger partial charge is 0.0850 e. The molecule has 3 heteroatoms. The Labute approximate surface area is 67.3 Å². The molecule has 0 N–H and O–H groups in total.